The molecule has 1 amide bonds. The molecule has 0 bridgehead atoms. The van der Waals surface area contributed by atoms with E-state index in [0.717, 1.165) is 25.9 Å². The Morgan fingerprint density at radius 3 is 2.89 bits per heavy atom. The topological polar surface area (TPSA) is 71.7 Å². The van der Waals surface area contributed by atoms with Gasteiger partial charge in [0.25, 0.3) is 0 Å². The van der Waals surface area contributed by atoms with Gasteiger partial charge in [0.15, 0.2) is 0 Å². The van der Waals surface area contributed by atoms with E-state index in [0.29, 0.717) is 42.1 Å². The van der Waals surface area contributed by atoms with Crippen molar-refractivity contribution in [3.63, 3.8) is 0 Å². The number of amides is 1. The lowest BCUT2D eigenvalue weighted by atomic mass is 10.2. The highest BCUT2D eigenvalue weighted by Crippen LogP contribution is 2.30. The van der Waals surface area contributed by atoms with Crippen molar-refractivity contribution in [1.29, 1.82) is 0 Å². The monoisotopic (exact) mass is 390 g/mol. The van der Waals surface area contributed by atoms with Crippen LogP contribution < -0.4 is 0 Å². The van der Waals surface area contributed by atoms with Crippen LogP contribution in [0.1, 0.15) is 25.7 Å². The number of halogens is 1. The summed E-state index contributed by atoms with van der Waals surface area (Å²) in [5.41, 5.74) is 0.699. The molecule has 2 aromatic rings. The van der Waals surface area contributed by atoms with Crippen LogP contribution in [0.3, 0.4) is 0 Å². The van der Waals surface area contributed by atoms with Crippen LogP contribution in [-0.2, 0) is 16.1 Å². The maximum Gasteiger partial charge on any atom is 0.249 e. The van der Waals surface area contributed by atoms with Gasteiger partial charge in [0.05, 0.1) is 36.4 Å². The molecule has 0 radical (unpaired) electrons. The van der Waals surface area contributed by atoms with Crippen LogP contribution in [0.4, 0.5) is 0 Å². The molecule has 27 heavy (non-hydrogen) atoms. The quantitative estimate of drug-likeness (QED) is 0.755. The third-order valence-corrected chi connectivity index (χ3v) is 5.20. The van der Waals surface area contributed by atoms with Gasteiger partial charge in [-0.05, 0) is 31.9 Å². The van der Waals surface area contributed by atoms with E-state index in [4.69, 9.17) is 20.8 Å². The first-order chi connectivity index (χ1) is 13.1. The number of hydrogen-bond acceptors (Lipinski definition) is 6. The second-order valence-corrected chi connectivity index (χ2v) is 7.56. The summed E-state index contributed by atoms with van der Waals surface area (Å²) in [6.07, 6.45) is 2.21. The molecule has 1 aliphatic heterocycles. The number of carbonyl (C=O) groups excluding carboxylic acids is 1. The molecule has 0 spiro atoms. The van der Waals surface area contributed by atoms with Gasteiger partial charge in [-0.15, -0.1) is 10.2 Å². The zero-order chi connectivity index (χ0) is 18.8. The summed E-state index contributed by atoms with van der Waals surface area (Å²) >= 11 is 6.20. The van der Waals surface area contributed by atoms with Crippen molar-refractivity contribution in [3.05, 3.63) is 35.2 Å². The number of carbonyl (C=O) groups is 1. The molecule has 1 aromatic heterocycles. The number of rotatable bonds is 6. The SMILES string of the molecule is C[C@@H]1CN(CC(=O)N(Cc2nnc(-c3ccccc3Cl)o2)C2CC2)CCO1. The lowest BCUT2D eigenvalue weighted by Crippen LogP contribution is -2.47. The summed E-state index contributed by atoms with van der Waals surface area (Å²) in [6, 6.07) is 7.61. The normalized spacial score (nSPS) is 20.6. The van der Waals surface area contributed by atoms with Gasteiger partial charge in [-0.2, -0.15) is 0 Å². The third-order valence-electron chi connectivity index (χ3n) is 4.87. The van der Waals surface area contributed by atoms with Crippen molar-refractivity contribution in [2.24, 2.45) is 0 Å². The van der Waals surface area contributed by atoms with Crippen molar-refractivity contribution < 1.29 is 13.9 Å². The number of benzene rings is 1. The molecule has 0 unspecified atom stereocenters. The largest absolute Gasteiger partial charge is 0.419 e. The van der Waals surface area contributed by atoms with Crippen LogP contribution in [0.25, 0.3) is 11.5 Å². The van der Waals surface area contributed by atoms with Crippen molar-refractivity contribution >= 4 is 17.5 Å². The van der Waals surface area contributed by atoms with Gasteiger partial charge in [0.1, 0.15) is 0 Å². The molecule has 2 fully saturated rings. The average Bonchev–Trinajstić information content (AvgIpc) is 3.38. The molecule has 144 valence electrons. The molecule has 7 nitrogen and oxygen atoms in total. The first kappa shape index (κ1) is 18.4. The second-order valence-electron chi connectivity index (χ2n) is 7.15. The van der Waals surface area contributed by atoms with Crippen molar-refractivity contribution in [3.8, 4) is 11.5 Å². The fourth-order valence-corrected chi connectivity index (χ4v) is 3.55. The van der Waals surface area contributed by atoms with Crippen LogP contribution in [0.5, 0.6) is 0 Å². The molecule has 2 aliphatic rings. The Labute approximate surface area is 163 Å². The molecular weight excluding hydrogens is 368 g/mol. The number of aromatic nitrogens is 2. The second kappa shape index (κ2) is 7.96. The number of nitrogens with zero attached hydrogens (tertiary/aromatic N) is 4. The molecule has 1 saturated carbocycles. The molecule has 1 saturated heterocycles. The van der Waals surface area contributed by atoms with E-state index in [-0.39, 0.29) is 18.1 Å². The zero-order valence-electron chi connectivity index (χ0n) is 15.3. The lowest BCUT2D eigenvalue weighted by molar-refractivity contribution is -0.135. The van der Waals surface area contributed by atoms with E-state index in [9.17, 15) is 4.79 Å². The summed E-state index contributed by atoms with van der Waals surface area (Å²) in [6.45, 7) is 5.00. The fourth-order valence-electron chi connectivity index (χ4n) is 3.33. The van der Waals surface area contributed by atoms with Crippen LogP contribution in [0, 0.1) is 0 Å². The molecule has 1 atom stereocenters. The highest BCUT2D eigenvalue weighted by molar-refractivity contribution is 6.33. The van der Waals surface area contributed by atoms with Gasteiger partial charge in [-0.3, -0.25) is 9.69 Å². The summed E-state index contributed by atoms with van der Waals surface area (Å²) in [4.78, 5) is 16.9. The molecule has 4 rings (SSSR count). The van der Waals surface area contributed by atoms with Gasteiger partial charge in [-0.25, -0.2) is 0 Å². The maximum absolute atomic E-state index is 12.9. The van der Waals surface area contributed by atoms with Crippen molar-refractivity contribution in [2.45, 2.75) is 38.5 Å². The molecule has 8 heteroatoms. The molecule has 1 aromatic carbocycles. The maximum atomic E-state index is 12.9. The van der Waals surface area contributed by atoms with Gasteiger partial charge < -0.3 is 14.1 Å². The Kier molecular flexibility index (Phi) is 5.43. The van der Waals surface area contributed by atoms with Crippen LogP contribution in [-0.4, -0.2) is 64.3 Å². The summed E-state index contributed by atoms with van der Waals surface area (Å²) < 4.78 is 11.3. The predicted molar refractivity (Wildman–Crippen MR) is 100 cm³/mol. The van der Waals surface area contributed by atoms with Crippen molar-refractivity contribution in [1.82, 2.24) is 20.0 Å². The molecule has 0 N–H and O–H groups in total. The highest BCUT2D eigenvalue weighted by atomic mass is 35.5. The number of hydrogen-bond donors (Lipinski definition) is 0. The van der Waals surface area contributed by atoms with E-state index in [1.807, 2.05) is 30.0 Å². The third kappa shape index (κ3) is 4.48. The first-order valence-electron chi connectivity index (χ1n) is 9.31. The fraction of sp³-hybridized carbons (Fsp3) is 0.526. The van der Waals surface area contributed by atoms with E-state index in [1.54, 1.807) is 6.07 Å². The van der Waals surface area contributed by atoms with E-state index in [2.05, 4.69) is 15.1 Å². The average molecular weight is 391 g/mol. The summed E-state index contributed by atoms with van der Waals surface area (Å²) in [5.74, 6) is 0.908. The Morgan fingerprint density at radius 2 is 2.15 bits per heavy atom. The van der Waals surface area contributed by atoms with Gasteiger partial charge in [-0.1, -0.05) is 23.7 Å². The Hall–Kier alpha value is -1.96. The molecule has 2 heterocycles. The Balaban J connectivity index is 1.43. The van der Waals surface area contributed by atoms with Crippen molar-refractivity contribution in [2.75, 3.05) is 26.2 Å². The minimum Gasteiger partial charge on any atom is -0.419 e. The highest BCUT2D eigenvalue weighted by Gasteiger charge is 2.34. The van der Waals surface area contributed by atoms with Crippen LogP contribution in [0.15, 0.2) is 28.7 Å². The summed E-state index contributed by atoms with van der Waals surface area (Å²) in [7, 11) is 0. The Morgan fingerprint density at radius 1 is 1.33 bits per heavy atom. The minimum atomic E-state index is 0.101. The first-order valence-corrected chi connectivity index (χ1v) is 9.68. The van der Waals surface area contributed by atoms with Crippen LogP contribution in [0.2, 0.25) is 5.02 Å². The van der Waals surface area contributed by atoms with Crippen LogP contribution >= 0.6 is 11.6 Å². The predicted octanol–water partition coefficient (Wildman–Crippen LogP) is 2.60. The molecular formula is C19H23ClN4O3. The van der Waals surface area contributed by atoms with E-state index in [1.165, 1.54) is 0 Å². The lowest BCUT2D eigenvalue weighted by Gasteiger charge is -2.32. The van der Waals surface area contributed by atoms with Gasteiger partial charge >= 0.3 is 0 Å². The smallest absolute Gasteiger partial charge is 0.249 e. The Bertz CT molecular complexity index is 808. The summed E-state index contributed by atoms with van der Waals surface area (Å²) in [5, 5.41) is 8.78. The molecule has 1 aliphatic carbocycles. The standard InChI is InChI=1S/C19H23ClN4O3/c1-13-10-23(8-9-26-13)12-18(25)24(14-6-7-14)11-17-21-22-19(27-17)15-4-2-3-5-16(15)20/h2-5,13-14H,6-12H2,1H3/t13-/m1/s1. The van der Waals surface area contributed by atoms with Gasteiger partial charge in [0, 0.05) is 19.1 Å². The zero-order valence-corrected chi connectivity index (χ0v) is 16.1. The van der Waals surface area contributed by atoms with E-state index >= 15 is 0 Å². The minimum absolute atomic E-state index is 0.101. The number of morpholine rings is 1. The number of ether oxygens (including phenoxy) is 1. The van der Waals surface area contributed by atoms with E-state index < -0.39 is 0 Å². The van der Waals surface area contributed by atoms with Gasteiger partial charge in [0.2, 0.25) is 17.7 Å².